The van der Waals surface area contributed by atoms with Gasteiger partial charge in [0.1, 0.15) is 5.82 Å². The summed E-state index contributed by atoms with van der Waals surface area (Å²) < 4.78 is 40.5. The molecule has 2 N–H and O–H groups in total. The zero-order valence-electron chi connectivity index (χ0n) is 18.5. The number of H-pyrrole nitrogens is 1. The number of carbonyl (C=O) groups is 1. The van der Waals surface area contributed by atoms with Gasteiger partial charge >= 0.3 is 6.55 Å². The Morgan fingerprint density at radius 3 is 2.51 bits per heavy atom. The molecule has 0 aliphatic heterocycles. The largest absolute Gasteiger partial charge is 0.349 e. The first-order chi connectivity index (χ1) is 16.9. The molecule has 2 aromatic heterocycles. The van der Waals surface area contributed by atoms with Gasteiger partial charge in [-0.25, -0.2) is 14.2 Å². The monoisotopic (exact) mass is 481 g/mol. The van der Waals surface area contributed by atoms with Gasteiger partial charge in [-0.1, -0.05) is 24.3 Å². The van der Waals surface area contributed by atoms with Crippen LogP contribution < -0.4 is 10.9 Å². The van der Waals surface area contributed by atoms with E-state index in [4.69, 9.17) is 0 Å². The zero-order chi connectivity index (χ0) is 24.5. The molecule has 0 spiro atoms. The molecule has 1 amide bonds. The summed E-state index contributed by atoms with van der Waals surface area (Å²) >= 11 is 0. The van der Waals surface area contributed by atoms with E-state index in [9.17, 15) is 22.8 Å². The fourth-order valence-corrected chi connectivity index (χ4v) is 4.70. The number of halogens is 3. The summed E-state index contributed by atoms with van der Waals surface area (Å²) in [7, 11) is 0. The summed E-state index contributed by atoms with van der Waals surface area (Å²) in [5, 5.41) is 14.8. The number of nitrogens with zero attached hydrogens (tertiary/aromatic N) is 3. The highest BCUT2D eigenvalue weighted by Crippen LogP contribution is 2.34. The quantitative estimate of drug-likeness (QED) is 0.429. The van der Waals surface area contributed by atoms with E-state index in [2.05, 4.69) is 20.6 Å². The lowest BCUT2D eigenvalue weighted by Crippen LogP contribution is -2.37. The SMILES string of the molecule is O=C(N[C@H]1CC[C@H](c2n[nH]c(=O)c3ccccc32)CC1)c1ccc(-c2cnn(C(F)F)c2)c(F)c1. The maximum absolute atomic E-state index is 14.6. The molecule has 4 aromatic rings. The molecule has 2 aromatic carbocycles. The maximum Gasteiger partial charge on any atom is 0.333 e. The molecule has 0 unspecified atom stereocenters. The third kappa shape index (κ3) is 4.55. The number of hydrogen-bond acceptors (Lipinski definition) is 4. The van der Waals surface area contributed by atoms with Gasteiger partial charge in [-0.2, -0.15) is 19.0 Å². The van der Waals surface area contributed by atoms with Crippen LogP contribution in [0.2, 0.25) is 0 Å². The first-order valence-electron chi connectivity index (χ1n) is 11.3. The zero-order valence-corrected chi connectivity index (χ0v) is 18.5. The lowest BCUT2D eigenvalue weighted by atomic mass is 9.82. The smallest absolute Gasteiger partial charge is 0.333 e. The van der Waals surface area contributed by atoms with Crippen LogP contribution >= 0.6 is 0 Å². The van der Waals surface area contributed by atoms with Crippen molar-refractivity contribution in [1.29, 1.82) is 0 Å². The molecule has 35 heavy (non-hydrogen) atoms. The van der Waals surface area contributed by atoms with Gasteiger partial charge < -0.3 is 5.32 Å². The second-order valence-electron chi connectivity index (χ2n) is 8.69. The van der Waals surface area contributed by atoms with E-state index >= 15 is 0 Å². The van der Waals surface area contributed by atoms with Crippen LogP contribution in [0.3, 0.4) is 0 Å². The van der Waals surface area contributed by atoms with Crippen molar-refractivity contribution >= 4 is 16.7 Å². The van der Waals surface area contributed by atoms with Gasteiger partial charge in [0.2, 0.25) is 0 Å². The number of nitrogens with one attached hydrogen (secondary N) is 2. The average Bonchev–Trinajstić information content (AvgIpc) is 3.35. The minimum atomic E-state index is -2.81. The highest BCUT2D eigenvalue weighted by molar-refractivity contribution is 5.95. The highest BCUT2D eigenvalue weighted by atomic mass is 19.3. The standard InChI is InChI=1S/C25H22F3N5O2/c26-21-11-15(7-10-18(21)16-12-29-33(13-16)25(27)28)23(34)30-17-8-5-14(6-9-17)22-19-3-1-2-4-20(19)24(35)32-31-22/h1-4,7,10-14,17,25H,5-6,8-9H2,(H,30,34)(H,32,35)/t14-,17-. The first-order valence-corrected chi connectivity index (χ1v) is 11.3. The Balaban J connectivity index is 1.24. The fraction of sp³-hybridized carbons (Fsp3) is 0.280. The number of hydrogen-bond donors (Lipinski definition) is 2. The van der Waals surface area contributed by atoms with E-state index in [1.165, 1.54) is 12.1 Å². The number of amides is 1. The van der Waals surface area contributed by atoms with Gasteiger partial charge in [-0.15, -0.1) is 0 Å². The van der Waals surface area contributed by atoms with Crippen molar-refractivity contribution < 1.29 is 18.0 Å². The molecule has 2 heterocycles. The number of aromatic nitrogens is 4. The summed E-state index contributed by atoms with van der Waals surface area (Å²) in [6, 6.07) is 11.3. The average molecular weight is 481 g/mol. The minimum absolute atomic E-state index is 0.0696. The third-order valence-electron chi connectivity index (χ3n) is 6.52. The molecule has 7 nitrogen and oxygen atoms in total. The van der Waals surface area contributed by atoms with Gasteiger partial charge in [0.15, 0.2) is 0 Å². The minimum Gasteiger partial charge on any atom is -0.349 e. The van der Waals surface area contributed by atoms with Gasteiger partial charge in [-0.05, 0) is 43.9 Å². The first kappa shape index (κ1) is 22.8. The molecule has 5 rings (SSSR count). The number of alkyl halides is 2. The van der Waals surface area contributed by atoms with Crippen LogP contribution in [0.4, 0.5) is 13.2 Å². The van der Waals surface area contributed by atoms with Gasteiger partial charge in [0.05, 0.1) is 17.3 Å². The molecule has 0 saturated heterocycles. The van der Waals surface area contributed by atoms with Gasteiger partial charge in [0, 0.05) is 40.2 Å². The number of rotatable bonds is 5. The van der Waals surface area contributed by atoms with Crippen molar-refractivity contribution in [2.75, 3.05) is 0 Å². The van der Waals surface area contributed by atoms with E-state index in [0.717, 1.165) is 55.2 Å². The van der Waals surface area contributed by atoms with Crippen molar-refractivity contribution in [3.05, 3.63) is 82.3 Å². The molecular formula is C25H22F3N5O2. The molecule has 0 atom stereocenters. The third-order valence-corrected chi connectivity index (χ3v) is 6.52. The lowest BCUT2D eigenvalue weighted by molar-refractivity contribution is 0.0566. The Bertz CT molecular complexity index is 1440. The highest BCUT2D eigenvalue weighted by Gasteiger charge is 2.26. The molecule has 1 aliphatic rings. The normalized spacial score (nSPS) is 18.2. The molecule has 180 valence electrons. The predicted molar refractivity (Wildman–Crippen MR) is 124 cm³/mol. The number of aromatic amines is 1. The van der Waals surface area contributed by atoms with Crippen LogP contribution in [0.15, 0.2) is 59.7 Å². The van der Waals surface area contributed by atoms with Gasteiger partial charge in [-0.3, -0.25) is 9.59 Å². The summed E-state index contributed by atoms with van der Waals surface area (Å²) in [5.41, 5.74) is 1.10. The van der Waals surface area contributed by atoms with Crippen LogP contribution in [-0.2, 0) is 0 Å². The molecule has 1 fully saturated rings. The predicted octanol–water partition coefficient (Wildman–Crippen LogP) is 4.78. The van der Waals surface area contributed by atoms with Crippen molar-refractivity contribution in [3.8, 4) is 11.1 Å². The Kier molecular flexibility index (Phi) is 6.10. The maximum atomic E-state index is 14.6. The Morgan fingerprint density at radius 2 is 1.83 bits per heavy atom. The summed E-state index contributed by atoms with van der Waals surface area (Å²) in [4.78, 5) is 24.8. The lowest BCUT2D eigenvalue weighted by Gasteiger charge is -2.29. The van der Waals surface area contributed by atoms with E-state index in [0.29, 0.717) is 10.1 Å². The Morgan fingerprint density at radius 1 is 1.09 bits per heavy atom. The van der Waals surface area contributed by atoms with Crippen LogP contribution in [0, 0.1) is 5.82 Å². The van der Waals surface area contributed by atoms with Crippen LogP contribution in [0.1, 0.15) is 54.2 Å². The van der Waals surface area contributed by atoms with Crippen LogP contribution in [0.25, 0.3) is 21.9 Å². The molecule has 10 heteroatoms. The van der Waals surface area contributed by atoms with Crippen molar-refractivity contribution in [3.63, 3.8) is 0 Å². The summed E-state index contributed by atoms with van der Waals surface area (Å²) in [6.07, 6.45) is 5.23. The number of carbonyl (C=O) groups excluding carboxylic acids is 1. The Labute approximate surface area is 198 Å². The summed E-state index contributed by atoms with van der Waals surface area (Å²) in [6.45, 7) is -2.81. The van der Waals surface area contributed by atoms with Crippen molar-refractivity contribution in [2.45, 2.75) is 44.2 Å². The second-order valence-corrected chi connectivity index (χ2v) is 8.69. The molecule has 1 saturated carbocycles. The number of benzene rings is 2. The second kappa shape index (κ2) is 9.36. The van der Waals surface area contributed by atoms with Crippen molar-refractivity contribution in [2.24, 2.45) is 0 Å². The van der Waals surface area contributed by atoms with Crippen LogP contribution in [-0.4, -0.2) is 31.9 Å². The molecular weight excluding hydrogens is 459 g/mol. The van der Waals surface area contributed by atoms with Crippen molar-refractivity contribution in [1.82, 2.24) is 25.3 Å². The van der Waals surface area contributed by atoms with Gasteiger partial charge in [0.25, 0.3) is 11.5 Å². The van der Waals surface area contributed by atoms with E-state index in [1.54, 1.807) is 6.07 Å². The summed E-state index contributed by atoms with van der Waals surface area (Å²) in [5.74, 6) is -0.920. The number of fused-ring (bicyclic) bond motifs is 1. The van der Waals surface area contributed by atoms with E-state index in [1.807, 2.05) is 18.2 Å². The molecule has 0 bridgehead atoms. The fourth-order valence-electron chi connectivity index (χ4n) is 4.70. The van der Waals surface area contributed by atoms with E-state index in [-0.39, 0.29) is 34.2 Å². The Hall–Kier alpha value is -3.95. The van der Waals surface area contributed by atoms with Crippen LogP contribution in [0.5, 0.6) is 0 Å². The molecule has 0 radical (unpaired) electrons. The van der Waals surface area contributed by atoms with E-state index < -0.39 is 18.3 Å². The molecule has 1 aliphatic carbocycles. The topological polar surface area (TPSA) is 92.7 Å².